The van der Waals surface area contributed by atoms with Crippen LogP contribution in [0.2, 0.25) is 0 Å². The first-order valence-corrected chi connectivity index (χ1v) is 12.0. The lowest BCUT2D eigenvalue weighted by Gasteiger charge is -2.34. The maximum atomic E-state index is 13.4. The number of pyridine rings is 1. The number of carbonyl (C=O) groups excluding carboxylic acids is 1. The highest BCUT2D eigenvalue weighted by Crippen LogP contribution is 2.32. The predicted octanol–water partition coefficient (Wildman–Crippen LogP) is 4.55. The van der Waals surface area contributed by atoms with E-state index in [2.05, 4.69) is 37.0 Å². The molecular formula is C25H33N5O. The quantitative estimate of drug-likeness (QED) is 0.715. The van der Waals surface area contributed by atoms with Gasteiger partial charge in [-0.25, -0.2) is 4.98 Å². The Bertz CT molecular complexity index is 890. The molecule has 1 amide bonds. The lowest BCUT2D eigenvalue weighted by atomic mass is 10.1. The number of aromatic nitrogens is 3. The van der Waals surface area contributed by atoms with E-state index in [4.69, 9.17) is 0 Å². The average Bonchev–Trinajstić information content (AvgIpc) is 3.57. The molecule has 2 fully saturated rings. The van der Waals surface area contributed by atoms with Crippen molar-refractivity contribution in [2.75, 3.05) is 6.54 Å². The van der Waals surface area contributed by atoms with Crippen LogP contribution in [0.25, 0.3) is 6.08 Å². The smallest absolute Gasteiger partial charge is 0.255 e. The second-order valence-electron chi connectivity index (χ2n) is 9.28. The topological polar surface area (TPSA) is 65.1 Å². The average molecular weight is 420 g/mol. The molecule has 31 heavy (non-hydrogen) atoms. The summed E-state index contributed by atoms with van der Waals surface area (Å²) in [5, 5.41) is 0. The van der Waals surface area contributed by atoms with Crippen LogP contribution in [0.1, 0.15) is 85.2 Å². The number of aryl methyl sites for hydroxylation is 1. The number of H-pyrrole nitrogens is 1. The number of nitrogens with one attached hydrogen (secondary N) is 1. The van der Waals surface area contributed by atoms with E-state index in [1.807, 2.05) is 18.3 Å². The van der Waals surface area contributed by atoms with Crippen LogP contribution >= 0.6 is 0 Å². The Labute approximate surface area is 184 Å². The van der Waals surface area contributed by atoms with Crippen LogP contribution in [0.15, 0.2) is 30.9 Å². The van der Waals surface area contributed by atoms with E-state index < -0.39 is 0 Å². The molecule has 2 aromatic rings. The summed E-state index contributed by atoms with van der Waals surface area (Å²) in [5.41, 5.74) is 4.04. The number of imidazole rings is 1. The first-order valence-electron chi connectivity index (χ1n) is 12.0. The van der Waals surface area contributed by atoms with Gasteiger partial charge < -0.3 is 14.8 Å². The maximum Gasteiger partial charge on any atom is 0.255 e. The van der Waals surface area contributed by atoms with Crippen LogP contribution < -0.4 is 0 Å². The van der Waals surface area contributed by atoms with Gasteiger partial charge in [0.2, 0.25) is 0 Å². The molecule has 6 nitrogen and oxygen atoms in total. The van der Waals surface area contributed by atoms with E-state index >= 15 is 0 Å². The summed E-state index contributed by atoms with van der Waals surface area (Å²) in [5.74, 6) is 0.201. The Kier molecular flexibility index (Phi) is 6.05. The number of aromatic amines is 1. The molecule has 2 aromatic heterocycles. The molecule has 0 spiro atoms. The van der Waals surface area contributed by atoms with Crippen LogP contribution in [-0.4, -0.2) is 49.3 Å². The number of hydrogen-bond donors (Lipinski definition) is 1. The normalized spacial score (nSPS) is 19.2. The molecule has 3 aliphatic rings. The third kappa shape index (κ3) is 4.53. The first kappa shape index (κ1) is 20.3. The summed E-state index contributed by atoms with van der Waals surface area (Å²) in [6, 6.07) is 4.92. The minimum Gasteiger partial charge on any atom is -0.371 e. The third-order valence-corrected chi connectivity index (χ3v) is 7.18. The molecule has 0 bridgehead atoms. The van der Waals surface area contributed by atoms with Gasteiger partial charge in [0.05, 0.1) is 29.8 Å². The van der Waals surface area contributed by atoms with Gasteiger partial charge in [0.15, 0.2) is 0 Å². The largest absolute Gasteiger partial charge is 0.371 e. The number of rotatable bonds is 7. The van der Waals surface area contributed by atoms with Crippen molar-refractivity contribution in [3.8, 4) is 0 Å². The van der Waals surface area contributed by atoms with Crippen molar-refractivity contribution >= 4 is 12.0 Å². The predicted molar refractivity (Wildman–Crippen MR) is 121 cm³/mol. The summed E-state index contributed by atoms with van der Waals surface area (Å²) in [7, 11) is 0. The van der Waals surface area contributed by atoms with Crippen molar-refractivity contribution in [3.05, 3.63) is 53.5 Å². The number of fused-ring (bicyclic) bond motifs is 1. The van der Waals surface area contributed by atoms with E-state index in [9.17, 15) is 4.79 Å². The molecular weight excluding hydrogens is 386 g/mol. The lowest BCUT2D eigenvalue weighted by Crippen LogP contribution is -2.45. The second-order valence-corrected chi connectivity index (χ2v) is 9.28. The standard InChI is InChI=1S/C25H33N5O/c31-25(30(21-7-1-2-8-21)22-9-3-4-10-22)19-11-12-20(26-16-19)6-5-14-29-15-13-23-24(17-29)28-18-27-23/h11-13,15-16,18,21-22H,1-10,14,17H2,(H,27,28). The molecule has 3 heterocycles. The van der Waals surface area contributed by atoms with Gasteiger partial charge in [0.25, 0.3) is 5.91 Å². The van der Waals surface area contributed by atoms with Crippen molar-refractivity contribution in [3.63, 3.8) is 0 Å². The van der Waals surface area contributed by atoms with Gasteiger partial charge >= 0.3 is 0 Å². The van der Waals surface area contributed by atoms with Crippen LogP contribution in [-0.2, 0) is 13.0 Å². The molecule has 0 radical (unpaired) electrons. The summed E-state index contributed by atoms with van der Waals surface area (Å²) in [6.07, 6.45) is 19.4. The molecule has 2 saturated carbocycles. The van der Waals surface area contributed by atoms with E-state index in [1.54, 1.807) is 6.33 Å². The van der Waals surface area contributed by atoms with E-state index in [1.165, 1.54) is 57.1 Å². The molecule has 0 atom stereocenters. The number of amides is 1. The van der Waals surface area contributed by atoms with Crippen molar-refractivity contribution in [2.24, 2.45) is 0 Å². The van der Waals surface area contributed by atoms with E-state index in [0.29, 0.717) is 12.1 Å². The highest BCUT2D eigenvalue weighted by molar-refractivity contribution is 5.94. The third-order valence-electron chi connectivity index (χ3n) is 7.18. The molecule has 1 aliphatic heterocycles. The van der Waals surface area contributed by atoms with Crippen molar-refractivity contribution < 1.29 is 4.79 Å². The number of hydrogen-bond acceptors (Lipinski definition) is 4. The summed E-state index contributed by atoms with van der Waals surface area (Å²) < 4.78 is 0. The van der Waals surface area contributed by atoms with Gasteiger partial charge in [-0.2, -0.15) is 0 Å². The Hall–Kier alpha value is -2.63. The number of nitrogens with zero attached hydrogens (tertiary/aromatic N) is 4. The SMILES string of the molecule is O=C(c1ccc(CCCN2C=Cc3nc[nH]c3C2)nc1)N(C1CCCC1)C1CCCC1. The summed E-state index contributed by atoms with van der Waals surface area (Å²) >= 11 is 0. The van der Waals surface area contributed by atoms with E-state index in [0.717, 1.165) is 42.9 Å². The molecule has 5 rings (SSSR count). The van der Waals surface area contributed by atoms with Crippen LogP contribution in [0.4, 0.5) is 0 Å². The highest BCUT2D eigenvalue weighted by Gasteiger charge is 2.34. The van der Waals surface area contributed by atoms with Gasteiger partial charge in [-0.05, 0) is 56.7 Å². The minimum absolute atomic E-state index is 0.201. The van der Waals surface area contributed by atoms with Gasteiger partial charge in [-0.1, -0.05) is 25.7 Å². The maximum absolute atomic E-state index is 13.4. The molecule has 0 unspecified atom stereocenters. The van der Waals surface area contributed by atoms with Crippen LogP contribution in [0.5, 0.6) is 0 Å². The zero-order chi connectivity index (χ0) is 21.0. The fourth-order valence-corrected chi connectivity index (χ4v) is 5.49. The molecule has 164 valence electrons. The minimum atomic E-state index is 0.201. The lowest BCUT2D eigenvalue weighted by molar-refractivity contribution is 0.0580. The monoisotopic (exact) mass is 419 g/mol. The van der Waals surface area contributed by atoms with Crippen LogP contribution in [0.3, 0.4) is 0 Å². The molecule has 6 heteroatoms. The molecule has 0 aromatic carbocycles. The summed E-state index contributed by atoms with van der Waals surface area (Å²) in [6.45, 7) is 1.86. The Morgan fingerprint density at radius 1 is 1.06 bits per heavy atom. The van der Waals surface area contributed by atoms with Crippen molar-refractivity contribution in [2.45, 2.75) is 82.8 Å². The van der Waals surface area contributed by atoms with Crippen molar-refractivity contribution in [1.82, 2.24) is 24.8 Å². The highest BCUT2D eigenvalue weighted by atomic mass is 16.2. The zero-order valence-corrected chi connectivity index (χ0v) is 18.3. The van der Waals surface area contributed by atoms with Gasteiger partial charge in [-0.3, -0.25) is 9.78 Å². The van der Waals surface area contributed by atoms with Gasteiger partial charge in [-0.15, -0.1) is 0 Å². The first-order chi connectivity index (χ1) is 15.3. The molecule has 0 saturated heterocycles. The Morgan fingerprint density at radius 2 is 1.81 bits per heavy atom. The second kappa shape index (κ2) is 9.25. The Balaban J connectivity index is 1.17. The fraction of sp³-hybridized carbons (Fsp3) is 0.560. The summed E-state index contributed by atoms with van der Waals surface area (Å²) in [4.78, 5) is 30.1. The van der Waals surface area contributed by atoms with Crippen molar-refractivity contribution in [1.29, 1.82) is 0 Å². The van der Waals surface area contributed by atoms with E-state index in [-0.39, 0.29) is 5.91 Å². The molecule has 2 aliphatic carbocycles. The van der Waals surface area contributed by atoms with Gasteiger partial charge in [0.1, 0.15) is 0 Å². The molecule has 1 N–H and O–H groups in total. The van der Waals surface area contributed by atoms with Crippen LogP contribution in [0, 0.1) is 0 Å². The zero-order valence-electron chi connectivity index (χ0n) is 18.3. The Morgan fingerprint density at radius 3 is 2.48 bits per heavy atom. The number of carbonyl (C=O) groups is 1. The fourth-order valence-electron chi connectivity index (χ4n) is 5.49. The van der Waals surface area contributed by atoms with Gasteiger partial charge in [0, 0.05) is 36.7 Å².